The molecule has 0 spiro atoms. The van der Waals surface area contributed by atoms with Gasteiger partial charge < -0.3 is 15.5 Å². The maximum atomic E-state index is 12.4. The number of nitrogens with one attached hydrogen (secondary N) is 3. The molecule has 5 heteroatoms. The third kappa shape index (κ3) is 4.92. The Morgan fingerprint density at radius 2 is 1.65 bits per heavy atom. The summed E-state index contributed by atoms with van der Waals surface area (Å²) in [4.78, 5) is 25.8. The van der Waals surface area contributed by atoms with Crippen molar-refractivity contribution < 1.29 is 14.5 Å². The van der Waals surface area contributed by atoms with Crippen LogP contribution in [0, 0.1) is 6.92 Å². The van der Waals surface area contributed by atoms with Gasteiger partial charge in [0.2, 0.25) is 0 Å². The lowest BCUT2D eigenvalue weighted by atomic mass is 10.0. The fraction of sp³-hybridized carbons (Fsp3) is 0.333. The van der Waals surface area contributed by atoms with Crippen LogP contribution in [0.4, 0.5) is 5.69 Å². The van der Waals surface area contributed by atoms with Gasteiger partial charge in [-0.25, -0.2) is 0 Å². The molecular formula is C21H26N3O2+. The van der Waals surface area contributed by atoms with Gasteiger partial charge in [-0.2, -0.15) is 0 Å². The number of carbonyl (C=O) groups is 2. The smallest absolute Gasteiger partial charge is 0.279 e. The predicted molar refractivity (Wildman–Crippen MR) is 102 cm³/mol. The van der Waals surface area contributed by atoms with Crippen LogP contribution in [-0.4, -0.2) is 37.5 Å². The number of likely N-dealkylation sites (tertiary alicyclic amines) is 1. The van der Waals surface area contributed by atoms with E-state index in [2.05, 4.69) is 10.6 Å². The summed E-state index contributed by atoms with van der Waals surface area (Å²) in [6.45, 7) is 4.20. The molecule has 26 heavy (non-hydrogen) atoms. The largest absolute Gasteiger partial charge is 0.349 e. The van der Waals surface area contributed by atoms with E-state index < -0.39 is 0 Å². The molecule has 1 saturated heterocycles. The van der Waals surface area contributed by atoms with Gasteiger partial charge in [0.05, 0.1) is 13.1 Å². The topological polar surface area (TPSA) is 62.6 Å². The van der Waals surface area contributed by atoms with Gasteiger partial charge in [0.1, 0.15) is 0 Å². The molecule has 2 aromatic carbocycles. The molecule has 0 aliphatic carbocycles. The van der Waals surface area contributed by atoms with E-state index in [1.165, 1.54) is 4.90 Å². The summed E-state index contributed by atoms with van der Waals surface area (Å²) >= 11 is 0. The maximum Gasteiger partial charge on any atom is 0.279 e. The summed E-state index contributed by atoms with van der Waals surface area (Å²) in [7, 11) is 0. The van der Waals surface area contributed by atoms with Gasteiger partial charge >= 0.3 is 0 Å². The first kappa shape index (κ1) is 18.1. The number of piperidine rings is 1. The molecule has 2 aromatic rings. The minimum atomic E-state index is -0.00151. The minimum Gasteiger partial charge on any atom is -0.349 e. The summed E-state index contributed by atoms with van der Waals surface area (Å²) in [5, 5.41) is 6.07. The molecule has 1 fully saturated rings. The average Bonchev–Trinajstić information content (AvgIpc) is 2.64. The highest BCUT2D eigenvalue weighted by molar-refractivity contribution is 5.95. The van der Waals surface area contributed by atoms with E-state index in [1.807, 2.05) is 61.5 Å². The Morgan fingerprint density at radius 3 is 2.35 bits per heavy atom. The first-order valence-electron chi connectivity index (χ1n) is 9.17. The van der Waals surface area contributed by atoms with E-state index in [1.54, 1.807) is 0 Å². The van der Waals surface area contributed by atoms with Gasteiger partial charge in [0.25, 0.3) is 11.8 Å². The molecule has 1 aliphatic rings. The molecule has 1 aliphatic heterocycles. The molecule has 0 atom stereocenters. The second-order valence-electron chi connectivity index (χ2n) is 6.90. The molecule has 5 nitrogen and oxygen atoms in total. The van der Waals surface area contributed by atoms with Crippen molar-refractivity contribution in [2.45, 2.75) is 25.8 Å². The van der Waals surface area contributed by atoms with Gasteiger partial charge in [0.15, 0.2) is 6.54 Å². The monoisotopic (exact) mass is 352 g/mol. The zero-order valence-electron chi connectivity index (χ0n) is 15.1. The van der Waals surface area contributed by atoms with Crippen molar-refractivity contribution in [2.24, 2.45) is 0 Å². The van der Waals surface area contributed by atoms with Crippen LogP contribution in [0.25, 0.3) is 0 Å². The lowest BCUT2D eigenvalue weighted by Crippen LogP contribution is -3.14. The Balaban J connectivity index is 1.43. The number of rotatable bonds is 5. The normalized spacial score (nSPS) is 19.6. The zero-order valence-corrected chi connectivity index (χ0v) is 15.1. The summed E-state index contributed by atoms with van der Waals surface area (Å²) in [5.74, 6) is 0.0342. The van der Waals surface area contributed by atoms with E-state index in [0.717, 1.165) is 42.7 Å². The predicted octanol–water partition coefficient (Wildman–Crippen LogP) is 1.41. The number of para-hydroxylation sites is 1. The number of hydrogen-bond acceptors (Lipinski definition) is 2. The van der Waals surface area contributed by atoms with Crippen LogP contribution in [0.1, 0.15) is 28.8 Å². The molecule has 0 bridgehead atoms. The van der Waals surface area contributed by atoms with Crippen LogP contribution in [0.2, 0.25) is 0 Å². The molecular weight excluding hydrogens is 326 g/mol. The SMILES string of the molecule is Cc1ccccc1C(=O)NC1CC[NH+](CC(=O)Nc2ccccc2)CC1. The molecule has 0 radical (unpaired) electrons. The number of anilines is 1. The first-order valence-corrected chi connectivity index (χ1v) is 9.17. The van der Waals surface area contributed by atoms with E-state index in [-0.39, 0.29) is 17.9 Å². The van der Waals surface area contributed by atoms with Crippen molar-refractivity contribution in [3.05, 3.63) is 65.7 Å². The van der Waals surface area contributed by atoms with Crippen LogP contribution in [-0.2, 0) is 4.79 Å². The second-order valence-corrected chi connectivity index (χ2v) is 6.90. The van der Waals surface area contributed by atoms with Crippen molar-refractivity contribution in [3.63, 3.8) is 0 Å². The number of amides is 2. The standard InChI is InChI=1S/C21H25N3O2/c1-16-7-5-6-10-19(16)21(26)23-18-11-13-24(14-12-18)15-20(25)22-17-8-3-2-4-9-17/h2-10,18H,11-15H2,1H3,(H,22,25)(H,23,26)/p+1. The van der Waals surface area contributed by atoms with Gasteiger partial charge in [-0.05, 0) is 30.7 Å². The average molecular weight is 352 g/mol. The maximum absolute atomic E-state index is 12.4. The minimum absolute atomic E-state index is 0.00151. The van der Waals surface area contributed by atoms with Crippen LogP contribution in [0.5, 0.6) is 0 Å². The number of hydrogen-bond donors (Lipinski definition) is 3. The van der Waals surface area contributed by atoms with Gasteiger partial charge in [-0.1, -0.05) is 36.4 Å². The summed E-state index contributed by atoms with van der Waals surface area (Å²) in [6.07, 6.45) is 1.79. The van der Waals surface area contributed by atoms with Crippen LogP contribution < -0.4 is 15.5 Å². The van der Waals surface area contributed by atoms with E-state index in [4.69, 9.17) is 0 Å². The number of quaternary nitrogens is 1. The molecule has 0 unspecified atom stereocenters. The molecule has 136 valence electrons. The van der Waals surface area contributed by atoms with E-state index in [9.17, 15) is 9.59 Å². The summed E-state index contributed by atoms with van der Waals surface area (Å²) < 4.78 is 0. The highest BCUT2D eigenvalue weighted by atomic mass is 16.2. The molecule has 0 saturated carbocycles. The van der Waals surface area contributed by atoms with Crippen LogP contribution >= 0.6 is 0 Å². The molecule has 0 aromatic heterocycles. The fourth-order valence-corrected chi connectivity index (χ4v) is 3.39. The number of aryl methyl sites for hydroxylation is 1. The molecule has 2 amide bonds. The van der Waals surface area contributed by atoms with Crippen molar-refractivity contribution >= 4 is 17.5 Å². The Bertz CT molecular complexity index is 753. The zero-order chi connectivity index (χ0) is 18.4. The first-order chi connectivity index (χ1) is 12.6. The Morgan fingerprint density at radius 1 is 1.00 bits per heavy atom. The van der Waals surface area contributed by atoms with Crippen LogP contribution in [0.15, 0.2) is 54.6 Å². The lowest BCUT2D eigenvalue weighted by molar-refractivity contribution is -0.897. The lowest BCUT2D eigenvalue weighted by Gasteiger charge is -2.29. The third-order valence-corrected chi connectivity index (χ3v) is 4.89. The Kier molecular flexibility index (Phi) is 6.02. The number of benzene rings is 2. The van der Waals surface area contributed by atoms with Gasteiger partial charge in [-0.3, -0.25) is 9.59 Å². The Labute approximate surface area is 154 Å². The van der Waals surface area contributed by atoms with Crippen molar-refractivity contribution in [2.75, 3.05) is 25.0 Å². The molecule has 1 heterocycles. The fourth-order valence-electron chi connectivity index (χ4n) is 3.39. The highest BCUT2D eigenvalue weighted by Gasteiger charge is 2.25. The summed E-state index contributed by atoms with van der Waals surface area (Å²) in [6, 6.07) is 17.3. The highest BCUT2D eigenvalue weighted by Crippen LogP contribution is 2.09. The molecule has 3 N–H and O–H groups in total. The van der Waals surface area contributed by atoms with E-state index in [0.29, 0.717) is 6.54 Å². The molecule has 3 rings (SSSR count). The van der Waals surface area contributed by atoms with Gasteiger partial charge in [0, 0.05) is 30.1 Å². The van der Waals surface area contributed by atoms with E-state index >= 15 is 0 Å². The van der Waals surface area contributed by atoms with Crippen molar-refractivity contribution in [3.8, 4) is 0 Å². The number of carbonyl (C=O) groups excluding carboxylic acids is 2. The third-order valence-electron chi connectivity index (χ3n) is 4.89. The van der Waals surface area contributed by atoms with Crippen molar-refractivity contribution in [1.82, 2.24) is 5.32 Å². The van der Waals surface area contributed by atoms with Crippen LogP contribution in [0.3, 0.4) is 0 Å². The quantitative estimate of drug-likeness (QED) is 0.762. The van der Waals surface area contributed by atoms with Crippen molar-refractivity contribution in [1.29, 1.82) is 0 Å². The Hall–Kier alpha value is -2.66. The van der Waals surface area contributed by atoms with Gasteiger partial charge in [-0.15, -0.1) is 0 Å². The second kappa shape index (κ2) is 8.63. The summed E-state index contributed by atoms with van der Waals surface area (Å²) in [5.41, 5.74) is 2.56.